The summed E-state index contributed by atoms with van der Waals surface area (Å²) in [6.07, 6.45) is 0.828. The van der Waals surface area contributed by atoms with Gasteiger partial charge in [-0.15, -0.1) is 11.3 Å². The van der Waals surface area contributed by atoms with Gasteiger partial charge in [0.25, 0.3) is 8.32 Å². The number of nitrogens with zero attached hydrogens (tertiary/aromatic N) is 1. The van der Waals surface area contributed by atoms with Crippen molar-refractivity contribution in [2.75, 3.05) is 6.54 Å². The van der Waals surface area contributed by atoms with Crippen molar-refractivity contribution >= 4 is 37.2 Å². The highest BCUT2D eigenvalue weighted by molar-refractivity contribution is 7.14. The van der Waals surface area contributed by atoms with Crippen LogP contribution in [0.2, 0.25) is 23.2 Å². The van der Waals surface area contributed by atoms with E-state index in [0.29, 0.717) is 23.7 Å². The second kappa shape index (κ2) is 7.82. The van der Waals surface area contributed by atoms with Gasteiger partial charge in [0.05, 0.1) is 0 Å². The molecule has 3 rings (SSSR count). The highest BCUT2D eigenvalue weighted by Crippen LogP contribution is 2.42. The highest BCUT2D eigenvalue weighted by Gasteiger charge is 2.40. The Morgan fingerprint density at radius 2 is 2.00 bits per heavy atom. The van der Waals surface area contributed by atoms with Gasteiger partial charge in [0.1, 0.15) is 6.04 Å². The normalized spacial score (nSPS) is 16.5. The maximum absolute atomic E-state index is 12.0. The Morgan fingerprint density at radius 3 is 2.61 bits per heavy atom. The van der Waals surface area contributed by atoms with E-state index >= 15 is 0 Å². The van der Waals surface area contributed by atoms with Gasteiger partial charge in [0.2, 0.25) is 0 Å². The Bertz CT molecular complexity index is 875. The van der Waals surface area contributed by atoms with Crippen molar-refractivity contribution in [2.45, 2.75) is 57.9 Å². The zero-order valence-corrected chi connectivity index (χ0v) is 19.7. The molecule has 28 heavy (non-hydrogen) atoms. The third-order valence-electron chi connectivity index (χ3n) is 5.83. The summed E-state index contributed by atoms with van der Waals surface area (Å²) in [5, 5.41) is 11.5. The SMILES string of the molecule is CC(C)(C)[Si](C)(C)Oc1cc2c(s1)CCN([C@H](C(=O)O)c1ccccc1Cl)C2. The molecule has 4 nitrogen and oxygen atoms in total. The van der Waals surface area contributed by atoms with Crippen LogP contribution in [0, 0.1) is 0 Å². The first kappa shape index (κ1) is 21.4. The van der Waals surface area contributed by atoms with Crippen molar-refractivity contribution < 1.29 is 14.3 Å². The van der Waals surface area contributed by atoms with Crippen LogP contribution in [0.4, 0.5) is 0 Å². The molecule has 0 unspecified atom stereocenters. The molecule has 7 heteroatoms. The number of thiophene rings is 1. The quantitative estimate of drug-likeness (QED) is 0.585. The van der Waals surface area contributed by atoms with E-state index in [2.05, 4.69) is 39.9 Å². The minimum atomic E-state index is -1.89. The molecule has 1 aromatic carbocycles. The van der Waals surface area contributed by atoms with Crippen LogP contribution >= 0.6 is 22.9 Å². The summed E-state index contributed by atoms with van der Waals surface area (Å²) in [6.45, 7) is 12.5. The van der Waals surface area contributed by atoms with E-state index in [-0.39, 0.29) is 5.04 Å². The number of carboxylic acids is 1. The Labute approximate surface area is 177 Å². The van der Waals surface area contributed by atoms with E-state index in [1.54, 1.807) is 23.5 Å². The third-order valence-corrected chi connectivity index (χ3v) is 11.8. The van der Waals surface area contributed by atoms with Crippen molar-refractivity contribution in [3.63, 3.8) is 0 Å². The fraction of sp³-hybridized carbons (Fsp3) is 0.476. The smallest absolute Gasteiger partial charge is 0.325 e. The number of halogens is 1. The Kier molecular flexibility index (Phi) is 5.97. The summed E-state index contributed by atoms with van der Waals surface area (Å²) in [4.78, 5) is 15.3. The molecule has 1 N–H and O–H groups in total. The molecule has 0 amide bonds. The number of carboxylic acid groups (broad SMARTS) is 1. The molecule has 0 bridgehead atoms. The van der Waals surface area contributed by atoms with E-state index in [4.69, 9.17) is 16.0 Å². The Hall–Kier alpha value is -1.34. The predicted octanol–water partition coefficient (Wildman–Crippen LogP) is 5.97. The molecule has 2 heterocycles. The molecule has 2 aromatic rings. The molecule has 1 aliphatic rings. The molecule has 0 fully saturated rings. The number of rotatable bonds is 5. The van der Waals surface area contributed by atoms with Crippen LogP contribution in [0.25, 0.3) is 0 Å². The summed E-state index contributed by atoms with van der Waals surface area (Å²) < 4.78 is 6.47. The molecule has 0 aliphatic carbocycles. The average molecular weight is 438 g/mol. The summed E-state index contributed by atoms with van der Waals surface area (Å²) in [5.74, 6) is -0.871. The number of fused-ring (bicyclic) bond motifs is 1. The molecule has 1 aromatic heterocycles. The largest absolute Gasteiger partial charge is 0.537 e. The summed E-state index contributed by atoms with van der Waals surface area (Å²) in [5.41, 5.74) is 1.82. The van der Waals surface area contributed by atoms with Crippen LogP contribution in [0.3, 0.4) is 0 Å². The zero-order valence-electron chi connectivity index (χ0n) is 17.1. The van der Waals surface area contributed by atoms with Gasteiger partial charge in [0, 0.05) is 23.0 Å². The van der Waals surface area contributed by atoms with Gasteiger partial charge >= 0.3 is 5.97 Å². The van der Waals surface area contributed by atoms with Gasteiger partial charge in [-0.3, -0.25) is 9.69 Å². The Balaban J connectivity index is 1.83. The number of benzene rings is 1. The summed E-state index contributed by atoms with van der Waals surface area (Å²) in [6, 6.07) is 8.57. The van der Waals surface area contributed by atoms with Crippen LogP contribution in [-0.2, 0) is 17.8 Å². The van der Waals surface area contributed by atoms with Gasteiger partial charge in [-0.1, -0.05) is 50.6 Å². The maximum atomic E-state index is 12.0. The van der Waals surface area contributed by atoms with E-state index in [1.165, 1.54) is 10.4 Å². The first-order valence-electron chi connectivity index (χ1n) is 9.51. The lowest BCUT2D eigenvalue weighted by Crippen LogP contribution is -2.43. The number of hydrogen-bond donors (Lipinski definition) is 1. The first-order valence-corrected chi connectivity index (χ1v) is 13.6. The number of aliphatic carboxylic acids is 1. The zero-order chi connectivity index (χ0) is 20.7. The lowest BCUT2D eigenvalue weighted by molar-refractivity contribution is -0.144. The third kappa shape index (κ3) is 4.30. The van der Waals surface area contributed by atoms with Crippen LogP contribution in [0.1, 0.15) is 42.8 Å². The molecule has 0 spiro atoms. The van der Waals surface area contributed by atoms with Crippen LogP contribution in [-0.4, -0.2) is 30.8 Å². The monoisotopic (exact) mass is 437 g/mol. The van der Waals surface area contributed by atoms with E-state index < -0.39 is 20.3 Å². The molecule has 1 atom stereocenters. The second-order valence-corrected chi connectivity index (χ2v) is 15.1. The molecular formula is C21H28ClNO3SSi. The van der Waals surface area contributed by atoms with Gasteiger partial charge in [0.15, 0.2) is 5.06 Å². The van der Waals surface area contributed by atoms with Gasteiger partial charge in [-0.2, -0.15) is 0 Å². The highest BCUT2D eigenvalue weighted by atomic mass is 35.5. The molecule has 0 radical (unpaired) electrons. The van der Waals surface area contributed by atoms with Crippen molar-refractivity contribution in [3.8, 4) is 5.06 Å². The molecule has 152 valence electrons. The second-order valence-electron chi connectivity index (χ2n) is 8.86. The molecule has 1 aliphatic heterocycles. The maximum Gasteiger partial charge on any atom is 0.325 e. The van der Waals surface area contributed by atoms with Crippen LogP contribution in [0.15, 0.2) is 30.3 Å². The van der Waals surface area contributed by atoms with Crippen molar-refractivity contribution in [3.05, 3.63) is 51.4 Å². The number of carbonyl (C=O) groups is 1. The lowest BCUT2D eigenvalue weighted by Gasteiger charge is -2.35. The van der Waals surface area contributed by atoms with Crippen LogP contribution < -0.4 is 4.43 Å². The standard InChI is InChI=1S/C21H28ClNO3SSi/c1-21(2,3)28(4,5)26-18-12-14-13-23(11-10-17(14)27-18)19(20(24)25)15-8-6-7-9-16(15)22/h6-9,12,19H,10-11,13H2,1-5H3,(H,24,25)/t19-/m0/s1. The molecule has 0 saturated carbocycles. The van der Waals surface area contributed by atoms with Crippen molar-refractivity contribution in [1.82, 2.24) is 4.90 Å². The number of hydrogen-bond acceptors (Lipinski definition) is 4. The lowest BCUT2D eigenvalue weighted by atomic mass is 10.0. The van der Waals surface area contributed by atoms with Gasteiger partial charge in [-0.05, 0) is 47.8 Å². The average Bonchev–Trinajstić information content (AvgIpc) is 2.96. The minimum Gasteiger partial charge on any atom is -0.537 e. The van der Waals surface area contributed by atoms with Crippen molar-refractivity contribution in [1.29, 1.82) is 0 Å². The van der Waals surface area contributed by atoms with Gasteiger partial charge in [-0.25, -0.2) is 0 Å². The fourth-order valence-corrected chi connectivity index (χ4v) is 5.98. The first-order chi connectivity index (χ1) is 13.0. The minimum absolute atomic E-state index is 0.141. The molecule has 0 saturated heterocycles. The molecular weight excluding hydrogens is 410 g/mol. The summed E-state index contributed by atoms with van der Waals surface area (Å²) in [7, 11) is -1.89. The van der Waals surface area contributed by atoms with E-state index in [1.807, 2.05) is 17.0 Å². The Morgan fingerprint density at radius 1 is 1.32 bits per heavy atom. The van der Waals surface area contributed by atoms with Gasteiger partial charge < -0.3 is 9.53 Å². The van der Waals surface area contributed by atoms with Crippen LogP contribution in [0.5, 0.6) is 5.06 Å². The van der Waals surface area contributed by atoms with E-state index in [9.17, 15) is 9.90 Å². The summed E-state index contributed by atoms with van der Waals surface area (Å²) >= 11 is 8.01. The topological polar surface area (TPSA) is 49.8 Å². The van der Waals surface area contributed by atoms with E-state index in [0.717, 1.165) is 11.5 Å². The van der Waals surface area contributed by atoms with Crippen molar-refractivity contribution in [2.24, 2.45) is 0 Å². The predicted molar refractivity (Wildman–Crippen MR) is 118 cm³/mol. The fourth-order valence-electron chi connectivity index (χ4n) is 3.19.